The van der Waals surface area contributed by atoms with Gasteiger partial charge in [-0.3, -0.25) is 0 Å². The fraction of sp³-hybridized carbons (Fsp3) is 0.0400. The Morgan fingerprint density at radius 3 is 1.07 bits per heavy atom. The molecule has 27 heavy (non-hydrogen) atoms. The zero-order valence-electron chi connectivity index (χ0n) is 14.9. The minimum Gasteiger partial charge on any atom is -0.0622 e. The second kappa shape index (κ2) is 8.21. The monoisotopic (exact) mass is 431 g/mol. The van der Waals surface area contributed by atoms with Gasteiger partial charge in [-0.25, -0.2) is 0 Å². The largest absolute Gasteiger partial charge is 0.162 e. The number of alkyl halides is 1. The molecule has 0 spiro atoms. The van der Waals surface area contributed by atoms with Crippen molar-refractivity contribution in [3.8, 4) is 0 Å². The molecule has 4 aromatic carbocycles. The molecule has 0 aliphatic rings. The number of hydrogen-bond acceptors (Lipinski definition) is 0. The lowest BCUT2D eigenvalue weighted by Crippen LogP contribution is -2.33. The second-order valence-electron chi connectivity index (χ2n) is 6.48. The summed E-state index contributed by atoms with van der Waals surface area (Å²) in [6.07, 6.45) is 0. The summed E-state index contributed by atoms with van der Waals surface area (Å²) in [6.45, 7) is 0. The van der Waals surface area contributed by atoms with E-state index in [1.54, 1.807) is 0 Å². The van der Waals surface area contributed by atoms with E-state index in [-0.39, 0.29) is 4.57 Å². The van der Waals surface area contributed by atoms with Crippen molar-refractivity contribution in [3.05, 3.63) is 127 Å². The summed E-state index contributed by atoms with van der Waals surface area (Å²) in [4.78, 5) is 0. The van der Waals surface area contributed by atoms with Crippen molar-refractivity contribution in [1.29, 1.82) is 0 Å². The van der Waals surface area contributed by atoms with Crippen LogP contribution in [-0.2, 0) is 0 Å². The molecule has 0 bridgehead atoms. The van der Waals surface area contributed by atoms with Crippen LogP contribution in [0, 0.1) is 0 Å². The summed E-state index contributed by atoms with van der Waals surface area (Å²) >= 11 is 4.17. The maximum Gasteiger partial charge on any atom is 0.162 e. The van der Waals surface area contributed by atoms with Gasteiger partial charge in [-0.15, -0.1) is 0 Å². The molecular weight excluding hydrogens is 411 g/mol. The van der Waals surface area contributed by atoms with Crippen molar-refractivity contribution in [1.82, 2.24) is 0 Å². The lowest BCUT2D eigenvalue weighted by Gasteiger charge is -2.32. The molecule has 0 fully saturated rings. The number of halogens is 1. The molecule has 2 heteroatoms. The standard InChI is InChI=1S/C25H21BrP/c26-25(21-13-5-1-6-14-21)27(22-15-7-2-8-16-22,23-17-9-3-10-18-23)24-19-11-4-12-20-24/h1-20,25H/q+1. The molecule has 0 saturated carbocycles. The lowest BCUT2D eigenvalue weighted by molar-refractivity contribution is 1.37. The van der Waals surface area contributed by atoms with Crippen LogP contribution in [0.1, 0.15) is 10.1 Å². The number of benzene rings is 4. The van der Waals surface area contributed by atoms with E-state index in [1.165, 1.54) is 21.5 Å². The second-order valence-corrected chi connectivity index (χ2v) is 11.6. The van der Waals surface area contributed by atoms with Crippen LogP contribution in [0.2, 0.25) is 0 Å². The van der Waals surface area contributed by atoms with E-state index in [9.17, 15) is 0 Å². The molecule has 0 aliphatic carbocycles. The van der Waals surface area contributed by atoms with Gasteiger partial charge in [-0.1, -0.05) is 84.9 Å². The predicted octanol–water partition coefficient (Wildman–Crippen LogP) is 6.07. The smallest absolute Gasteiger partial charge is 0.0622 e. The van der Waals surface area contributed by atoms with Gasteiger partial charge < -0.3 is 0 Å². The Labute approximate surface area is 170 Å². The first-order valence-electron chi connectivity index (χ1n) is 9.08. The van der Waals surface area contributed by atoms with Gasteiger partial charge in [0.2, 0.25) is 0 Å². The Hall–Kier alpha value is -2.21. The van der Waals surface area contributed by atoms with Gasteiger partial charge in [0.05, 0.1) is 0 Å². The molecule has 132 valence electrons. The van der Waals surface area contributed by atoms with Crippen LogP contribution in [0.3, 0.4) is 0 Å². The molecule has 4 rings (SSSR count). The first-order chi connectivity index (χ1) is 13.3. The van der Waals surface area contributed by atoms with Crippen LogP contribution in [0.4, 0.5) is 0 Å². The topological polar surface area (TPSA) is 0 Å². The van der Waals surface area contributed by atoms with E-state index >= 15 is 0 Å². The van der Waals surface area contributed by atoms with Crippen molar-refractivity contribution in [2.45, 2.75) is 4.57 Å². The van der Waals surface area contributed by atoms with Crippen LogP contribution in [0.5, 0.6) is 0 Å². The van der Waals surface area contributed by atoms with Crippen LogP contribution in [0.15, 0.2) is 121 Å². The highest BCUT2D eigenvalue weighted by Gasteiger charge is 2.52. The van der Waals surface area contributed by atoms with Gasteiger partial charge in [0, 0.05) is 5.56 Å². The molecule has 0 heterocycles. The van der Waals surface area contributed by atoms with E-state index < -0.39 is 7.26 Å². The minimum atomic E-state index is -1.95. The summed E-state index contributed by atoms with van der Waals surface area (Å²) in [5.41, 5.74) is 1.31. The summed E-state index contributed by atoms with van der Waals surface area (Å²) in [7, 11) is -1.95. The molecule has 0 radical (unpaired) electrons. The van der Waals surface area contributed by atoms with Gasteiger partial charge in [0.25, 0.3) is 0 Å². The highest BCUT2D eigenvalue weighted by molar-refractivity contribution is 9.10. The average molecular weight is 432 g/mol. The van der Waals surface area contributed by atoms with Crippen LogP contribution >= 0.6 is 23.2 Å². The Morgan fingerprint density at radius 1 is 0.444 bits per heavy atom. The Balaban J connectivity index is 2.07. The molecule has 0 saturated heterocycles. The van der Waals surface area contributed by atoms with Crippen molar-refractivity contribution < 1.29 is 0 Å². The van der Waals surface area contributed by atoms with E-state index in [2.05, 4.69) is 137 Å². The van der Waals surface area contributed by atoms with E-state index in [1.807, 2.05) is 0 Å². The highest BCUT2D eigenvalue weighted by atomic mass is 79.9. The molecule has 0 aromatic heterocycles. The Bertz CT molecular complexity index is 873. The fourth-order valence-corrected chi connectivity index (χ4v) is 10.3. The average Bonchev–Trinajstić information content (AvgIpc) is 2.77. The van der Waals surface area contributed by atoms with E-state index in [4.69, 9.17) is 0 Å². The highest BCUT2D eigenvalue weighted by Crippen LogP contribution is 2.69. The molecule has 0 aliphatic heterocycles. The van der Waals surface area contributed by atoms with Crippen molar-refractivity contribution in [3.63, 3.8) is 0 Å². The van der Waals surface area contributed by atoms with Gasteiger partial charge in [-0.05, 0) is 52.3 Å². The Morgan fingerprint density at radius 2 is 0.741 bits per heavy atom. The van der Waals surface area contributed by atoms with Gasteiger partial charge in [0.1, 0.15) is 23.2 Å². The molecule has 4 aromatic rings. The Kier molecular flexibility index (Phi) is 5.53. The van der Waals surface area contributed by atoms with Gasteiger partial charge >= 0.3 is 0 Å². The first kappa shape index (κ1) is 18.2. The van der Waals surface area contributed by atoms with Crippen molar-refractivity contribution in [2.75, 3.05) is 0 Å². The summed E-state index contributed by atoms with van der Waals surface area (Å²) < 4.78 is 0.193. The maximum absolute atomic E-state index is 4.17. The molecule has 0 amide bonds. The van der Waals surface area contributed by atoms with Crippen LogP contribution < -0.4 is 15.9 Å². The number of rotatable bonds is 5. The predicted molar refractivity (Wildman–Crippen MR) is 123 cm³/mol. The van der Waals surface area contributed by atoms with Gasteiger partial charge in [-0.2, -0.15) is 0 Å². The van der Waals surface area contributed by atoms with E-state index in [0.717, 1.165) is 0 Å². The van der Waals surface area contributed by atoms with Crippen LogP contribution in [-0.4, -0.2) is 0 Å². The zero-order chi connectivity index (χ0) is 18.5. The quantitative estimate of drug-likeness (QED) is 0.265. The SMILES string of the molecule is BrC(c1ccccc1)[P+](c1ccccc1)(c1ccccc1)c1ccccc1. The molecule has 0 N–H and O–H groups in total. The third-order valence-electron chi connectivity index (χ3n) is 4.91. The maximum atomic E-state index is 4.17. The van der Waals surface area contributed by atoms with E-state index in [0.29, 0.717) is 0 Å². The third-order valence-corrected chi connectivity index (χ3v) is 11.6. The molecular formula is C25H21BrP+. The minimum absolute atomic E-state index is 0.193. The van der Waals surface area contributed by atoms with Crippen LogP contribution in [0.25, 0.3) is 0 Å². The van der Waals surface area contributed by atoms with Gasteiger partial charge in [0.15, 0.2) is 4.57 Å². The molecule has 0 nitrogen and oxygen atoms in total. The first-order valence-corrected chi connectivity index (χ1v) is 11.9. The number of hydrogen-bond donors (Lipinski definition) is 0. The third kappa shape index (κ3) is 3.38. The fourth-order valence-electron chi connectivity index (χ4n) is 3.66. The summed E-state index contributed by atoms with van der Waals surface area (Å²) in [5.74, 6) is 0. The van der Waals surface area contributed by atoms with Crippen molar-refractivity contribution >= 4 is 39.1 Å². The summed E-state index contributed by atoms with van der Waals surface area (Å²) in [6, 6.07) is 43.7. The summed E-state index contributed by atoms with van der Waals surface area (Å²) in [5, 5.41) is 4.15. The lowest BCUT2D eigenvalue weighted by atomic mass is 10.2. The molecule has 1 atom stereocenters. The normalized spacial score (nSPS) is 12.5. The van der Waals surface area contributed by atoms with Crippen molar-refractivity contribution in [2.24, 2.45) is 0 Å². The zero-order valence-corrected chi connectivity index (χ0v) is 17.4. The molecule has 1 unspecified atom stereocenters.